The van der Waals surface area contributed by atoms with E-state index in [1.54, 1.807) is 0 Å². The number of carbonyl (C=O) groups excluding carboxylic acids is 1. The lowest BCUT2D eigenvalue weighted by atomic mass is 9.97. The van der Waals surface area contributed by atoms with E-state index in [0.717, 1.165) is 19.1 Å². The van der Waals surface area contributed by atoms with E-state index in [0.29, 0.717) is 13.0 Å². The average molecular weight is 214 g/mol. The predicted molar refractivity (Wildman–Crippen MR) is 59.4 cm³/mol. The number of amides is 1. The fourth-order valence-electron chi connectivity index (χ4n) is 1.50. The molecule has 0 radical (unpaired) electrons. The number of rotatable bonds is 8. The largest absolute Gasteiger partial charge is 0.381 e. The van der Waals surface area contributed by atoms with Gasteiger partial charge in [0.15, 0.2) is 0 Å². The molecule has 4 heteroatoms. The van der Waals surface area contributed by atoms with Gasteiger partial charge in [0.25, 0.3) is 0 Å². The molecule has 0 spiro atoms. The van der Waals surface area contributed by atoms with E-state index in [1.807, 2.05) is 13.8 Å². The number of hydrogen-bond acceptors (Lipinski definition) is 3. The summed E-state index contributed by atoms with van der Waals surface area (Å²) < 4.78 is 5.50. The quantitative estimate of drug-likeness (QED) is 0.583. The van der Waals surface area contributed by atoms with Crippen LogP contribution in [0.3, 0.4) is 0 Å². The molecule has 0 heterocycles. The van der Waals surface area contributed by atoms with Gasteiger partial charge in [0.2, 0.25) is 5.91 Å². The number of likely N-dealkylation sites (N-methyl/N-ethyl adjacent to an activating group) is 1. The molecule has 1 saturated carbocycles. The first kappa shape index (κ1) is 12.5. The molecule has 0 bridgehead atoms. The third-order valence-corrected chi connectivity index (χ3v) is 2.91. The maximum absolute atomic E-state index is 11.3. The van der Waals surface area contributed by atoms with Crippen molar-refractivity contribution >= 4 is 5.91 Å². The summed E-state index contributed by atoms with van der Waals surface area (Å²) >= 11 is 0. The fraction of sp³-hybridized carbons (Fsp3) is 0.909. The van der Waals surface area contributed by atoms with Gasteiger partial charge in [0.05, 0.1) is 5.54 Å². The van der Waals surface area contributed by atoms with E-state index >= 15 is 0 Å². The Morgan fingerprint density at radius 3 is 2.73 bits per heavy atom. The molecule has 1 atom stereocenters. The van der Waals surface area contributed by atoms with Crippen molar-refractivity contribution in [3.05, 3.63) is 0 Å². The van der Waals surface area contributed by atoms with E-state index < -0.39 is 5.54 Å². The second-order valence-corrected chi connectivity index (χ2v) is 4.49. The summed E-state index contributed by atoms with van der Waals surface area (Å²) in [6.45, 7) is 5.97. The van der Waals surface area contributed by atoms with Crippen LogP contribution >= 0.6 is 0 Å². The minimum absolute atomic E-state index is 0.306. The molecule has 1 aliphatic carbocycles. The van der Waals surface area contributed by atoms with Gasteiger partial charge in [-0.15, -0.1) is 0 Å². The average Bonchev–Trinajstić information content (AvgIpc) is 2.96. The van der Waals surface area contributed by atoms with Gasteiger partial charge < -0.3 is 15.8 Å². The molecule has 1 rings (SSSR count). The Kier molecular flexibility index (Phi) is 4.54. The summed E-state index contributed by atoms with van der Waals surface area (Å²) in [7, 11) is 0. The van der Waals surface area contributed by atoms with Crippen molar-refractivity contribution in [2.45, 2.75) is 38.6 Å². The van der Waals surface area contributed by atoms with Crippen LogP contribution in [0.2, 0.25) is 0 Å². The third kappa shape index (κ3) is 4.18. The maximum atomic E-state index is 11.3. The Morgan fingerprint density at radius 2 is 2.27 bits per heavy atom. The molecular weight excluding hydrogens is 192 g/mol. The molecule has 0 aromatic heterocycles. The molecule has 1 fully saturated rings. The lowest BCUT2D eigenvalue weighted by Gasteiger charge is -2.26. The highest BCUT2D eigenvalue weighted by Gasteiger charge is 2.29. The zero-order chi connectivity index (χ0) is 11.3. The van der Waals surface area contributed by atoms with Crippen LogP contribution in [-0.2, 0) is 9.53 Å². The number of nitrogens with two attached hydrogens (primary N) is 1. The van der Waals surface area contributed by atoms with Crippen LogP contribution in [0.5, 0.6) is 0 Å². The number of nitrogens with one attached hydrogen (secondary N) is 1. The summed E-state index contributed by atoms with van der Waals surface area (Å²) in [4.78, 5) is 11.3. The van der Waals surface area contributed by atoms with Crippen molar-refractivity contribution in [1.82, 2.24) is 5.32 Å². The zero-order valence-electron chi connectivity index (χ0n) is 9.71. The maximum Gasteiger partial charge on any atom is 0.237 e. The first-order valence-electron chi connectivity index (χ1n) is 5.71. The minimum Gasteiger partial charge on any atom is -0.381 e. The molecular formula is C11H22N2O2. The Labute approximate surface area is 91.5 Å². The molecule has 0 aliphatic heterocycles. The predicted octanol–water partition coefficient (Wildman–Crippen LogP) is 0.657. The van der Waals surface area contributed by atoms with Crippen LogP contribution in [0, 0.1) is 5.92 Å². The number of ether oxygens (including phenoxy) is 1. The van der Waals surface area contributed by atoms with E-state index in [-0.39, 0.29) is 5.91 Å². The van der Waals surface area contributed by atoms with Gasteiger partial charge in [0, 0.05) is 13.2 Å². The molecule has 0 saturated heterocycles. The van der Waals surface area contributed by atoms with E-state index in [9.17, 15) is 4.79 Å². The first-order valence-corrected chi connectivity index (χ1v) is 5.71. The molecule has 0 aromatic rings. The van der Waals surface area contributed by atoms with Gasteiger partial charge >= 0.3 is 0 Å². The van der Waals surface area contributed by atoms with Crippen molar-refractivity contribution in [3.8, 4) is 0 Å². The van der Waals surface area contributed by atoms with Crippen LogP contribution in [0.25, 0.3) is 0 Å². The van der Waals surface area contributed by atoms with E-state index in [4.69, 9.17) is 10.5 Å². The number of carbonyl (C=O) groups is 1. The van der Waals surface area contributed by atoms with Crippen LogP contribution in [0.1, 0.15) is 33.1 Å². The van der Waals surface area contributed by atoms with E-state index in [2.05, 4.69) is 5.32 Å². The molecule has 0 aromatic carbocycles. The van der Waals surface area contributed by atoms with Crippen LogP contribution in [0.15, 0.2) is 0 Å². The number of hydrogen-bond donors (Lipinski definition) is 2. The Balaban J connectivity index is 2.20. The van der Waals surface area contributed by atoms with Gasteiger partial charge in [-0.3, -0.25) is 4.79 Å². The lowest BCUT2D eigenvalue weighted by molar-refractivity contribution is -0.124. The molecule has 4 nitrogen and oxygen atoms in total. The summed E-state index contributed by atoms with van der Waals surface area (Å²) in [6.07, 6.45) is 3.23. The Hall–Kier alpha value is -0.610. The van der Waals surface area contributed by atoms with Gasteiger partial charge in [-0.05, 0) is 38.6 Å². The molecule has 15 heavy (non-hydrogen) atoms. The fourth-order valence-corrected chi connectivity index (χ4v) is 1.50. The molecule has 1 amide bonds. The van der Waals surface area contributed by atoms with Crippen molar-refractivity contribution in [1.29, 1.82) is 0 Å². The second-order valence-electron chi connectivity index (χ2n) is 4.49. The van der Waals surface area contributed by atoms with Gasteiger partial charge in [0.1, 0.15) is 0 Å². The monoisotopic (exact) mass is 214 g/mol. The van der Waals surface area contributed by atoms with E-state index in [1.165, 1.54) is 12.8 Å². The lowest BCUT2D eigenvalue weighted by Crippen LogP contribution is -2.53. The normalized spacial score (nSPS) is 19.9. The zero-order valence-corrected chi connectivity index (χ0v) is 9.71. The Morgan fingerprint density at radius 1 is 1.60 bits per heavy atom. The SMILES string of the molecule is CCNC(C)(CCOCC1CC1)C(N)=O. The summed E-state index contributed by atoms with van der Waals surface area (Å²) in [5.74, 6) is 0.461. The standard InChI is InChI=1S/C11H22N2O2/c1-3-13-11(2,10(12)14)6-7-15-8-9-4-5-9/h9,13H,3-8H2,1-2H3,(H2,12,14). The van der Waals surface area contributed by atoms with Crippen LogP contribution in [0.4, 0.5) is 0 Å². The summed E-state index contributed by atoms with van der Waals surface area (Å²) in [5, 5.41) is 3.11. The molecule has 88 valence electrons. The first-order chi connectivity index (χ1) is 7.08. The van der Waals surface area contributed by atoms with Crippen molar-refractivity contribution in [2.75, 3.05) is 19.8 Å². The van der Waals surface area contributed by atoms with Gasteiger partial charge in [-0.1, -0.05) is 6.92 Å². The van der Waals surface area contributed by atoms with Gasteiger partial charge in [-0.25, -0.2) is 0 Å². The van der Waals surface area contributed by atoms with Gasteiger partial charge in [-0.2, -0.15) is 0 Å². The molecule has 3 N–H and O–H groups in total. The highest BCUT2D eigenvalue weighted by atomic mass is 16.5. The van der Waals surface area contributed by atoms with Crippen LogP contribution in [-0.4, -0.2) is 31.2 Å². The van der Waals surface area contributed by atoms with Crippen molar-refractivity contribution < 1.29 is 9.53 Å². The Bertz CT molecular complexity index is 217. The topological polar surface area (TPSA) is 64.3 Å². The minimum atomic E-state index is -0.627. The second kappa shape index (κ2) is 5.47. The highest BCUT2D eigenvalue weighted by Crippen LogP contribution is 2.28. The third-order valence-electron chi connectivity index (χ3n) is 2.91. The molecule has 1 unspecified atom stereocenters. The summed E-state index contributed by atoms with van der Waals surface area (Å²) in [5.41, 5.74) is 4.73. The smallest absolute Gasteiger partial charge is 0.237 e. The highest BCUT2D eigenvalue weighted by molar-refractivity contribution is 5.84. The molecule has 1 aliphatic rings. The van der Waals surface area contributed by atoms with Crippen LogP contribution < -0.4 is 11.1 Å². The number of primary amides is 1. The van der Waals surface area contributed by atoms with Crippen molar-refractivity contribution in [2.24, 2.45) is 11.7 Å². The summed E-state index contributed by atoms with van der Waals surface area (Å²) in [6, 6.07) is 0. The van der Waals surface area contributed by atoms with Crippen molar-refractivity contribution in [3.63, 3.8) is 0 Å².